The zero-order valence-electron chi connectivity index (χ0n) is 11.4. The molecule has 3 N–H and O–H groups in total. The molecule has 0 saturated heterocycles. The number of rotatable bonds is 3. The maximum atomic E-state index is 12.2. The van der Waals surface area contributed by atoms with E-state index in [2.05, 4.69) is 15.9 Å². The number of halogens is 1. The Hall–Kier alpha value is -1.56. The molecule has 0 unspecified atom stereocenters. The van der Waals surface area contributed by atoms with Crippen LogP contribution in [0.4, 0.5) is 11.4 Å². The van der Waals surface area contributed by atoms with Gasteiger partial charge in [-0.1, -0.05) is 29.8 Å². The van der Waals surface area contributed by atoms with E-state index >= 15 is 0 Å². The first kappa shape index (κ1) is 14.8. The molecule has 0 atom stereocenters. The first-order valence-corrected chi connectivity index (χ1v) is 7.13. The first-order valence-electron chi connectivity index (χ1n) is 6.34. The highest BCUT2D eigenvalue weighted by atomic mass is 79.9. The van der Waals surface area contributed by atoms with Crippen LogP contribution in [-0.2, 0) is 15.0 Å². The van der Waals surface area contributed by atoms with Crippen LogP contribution in [0.1, 0.15) is 32.3 Å². The van der Waals surface area contributed by atoms with Crippen molar-refractivity contribution in [1.82, 2.24) is 0 Å². The summed E-state index contributed by atoms with van der Waals surface area (Å²) in [6.45, 7) is 4.60. The van der Waals surface area contributed by atoms with Crippen LogP contribution in [0.25, 0.3) is 0 Å². The van der Waals surface area contributed by atoms with Gasteiger partial charge in [-0.15, -0.1) is 0 Å². The van der Waals surface area contributed by atoms with Gasteiger partial charge in [0.15, 0.2) is 0 Å². The fraction of sp³-hybridized carbons (Fsp3) is 0.429. The number of nitrogens with two attached hydrogens (primary N) is 1. The molecule has 1 heterocycles. The van der Waals surface area contributed by atoms with Crippen LogP contribution < -0.4 is 10.6 Å². The molecule has 0 radical (unpaired) electrons. The summed E-state index contributed by atoms with van der Waals surface area (Å²) >= 11 is 3.41. The Morgan fingerprint density at radius 2 is 2.05 bits per heavy atom. The third-order valence-corrected chi connectivity index (χ3v) is 3.97. The molecule has 5 nitrogen and oxygen atoms in total. The Morgan fingerprint density at radius 3 is 2.65 bits per heavy atom. The zero-order chi connectivity index (χ0) is 15.1. The van der Waals surface area contributed by atoms with Crippen LogP contribution in [0.5, 0.6) is 0 Å². The number of fused-ring (bicyclic) bond motifs is 1. The lowest BCUT2D eigenvalue weighted by atomic mass is 9.87. The van der Waals surface area contributed by atoms with E-state index in [1.807, 2.05) is 19.9 Å². The Labute approximate surface area is 125 Å². The molecule has 1 amide bonds. The molecule has 0 aromatic heterocycles. The molecule has 0 saturated carbocycles. The highest BCUT2D eigenvalue weighted by Crippen LogP contribution is 2.45. The molecule has 1 aromatic rings. The van der Waals surface area contributed by atoms with Crippen LogP contribution in [0.15, 0.2) is 16.6 Å². The van der Waals surface area contributed by atoms with Gasteiger partial charge in [-0.3, -0.25) is 9.59 Å². The summed E-state index contributed by atoms with van der Waals surface area (Å²) in [7, 11) is 0. The van der Waals surface area contributed by atoms with E-state index in [1.165, 1.54) is 0 Å². The van der Waals surface area contributed by atoms with Crippen molar-refractivity contribution in [3.8, 4) is 0 Å². The molecule has 6 heteroatoms. The number of aliphatic carboxylic acids is 1. The lowest BCUT2D eigenvalue weighted by molar-refractivity contribution is -0.138. The van der Waals surface area contributed by atoms with Gasteiger partial charge in [0.25, 0.3) is 0 Å². The van der Waals surface area contributed by atoms with Gasteiger partial charge in [0.05, 0.1) is 17.8 Å². The topological polar surface area (TPSA) is 83.6 Å². The standard InChI is InChI=1S/C14H17BrN2O3/c1-14(2)7-17(11(18)3-4-12(19)20)13-9(14)5-8(15)6-10(13)16/h5-6H,3-4,7,16H2,1-2H3,(H,19,20). The van der Waals surface area contributed by atoms with E-state index in [4.69, 9.17) is 10.8 Å². The molecular formula is C14H17BrN2O3. The Balaban J connectivity index is 2.37. The van der Waals surface area contributed by atoms with Crippen LogP contribution in [0.2, 0.25) is 0 Å². The van der Waals surface area contributed by atoms with Crippen molar-refractivity contribution in [2.45, 2.75) is 32.1 Å². The lowest BCUT2D eigenvalue weighted by Gasteiger charge is -2.20. The quantitative estimate of drug-likeness (QED) is 0.828. The maximum absolute atomic E-state index is 12.2. The van der Waals surface area contributed by atoms with Crippen LogP contribution in [0, 0.1) is 0 Å². The largest absolute Gasteiger partial charge is 0.481 e. The average Bonchev–Trinajstić information content (AvgIpc) is 2.59. The summed E-state index contributed by atoms with van der Waals surface area (Å²) in [6, 6.07) is 3.73. The number of carbonyl (C=O) groups excluding carboxylic acids is 1. The minimum Gasteiger partial charge on any atom is -0.481 e. The van der Waals surface area contributed by atoms with Gasteiger partial charge in [0, 0.05) is 22.9 Å². The van der Waals surface area contributed by atoms with Gasteiger partial charge < -0.3 is 15.7 Å². The van der Waals surface area contributed by atoms with Crippen molar-refractivity contribution in [1.29, 1.82) is 0 Å². The lowest BCUT2D eigenvalue weighted by Crippen LogP contribution is -2.34. The number of benzene rings is 1. The Bertz CT molecular complexity index is 584. The van der Waals surface area contributed by atoms with Gasteiger partial charge in [-0.2, -0.15) is 0 Å². The summed E-state index contributed by atoms with van der Waals surface area (Å²) in [5.74, 6) is -1.17. The molecular weight excluding hydrogens is 324 g/mol. The number of nitrogens with zero attached hydrogens (tertiary/aromatic N) is 1. The predicted molar refractivity (Wildman–Crippen MR) is 80.8 cm³/mol. The van der Waals surface area contributed by atoms with E-state index in [0.29, 0.717) is 17.9 Å². The second kappa shape index (κ2) is 5.09. The minimum atomic E-state index is -0.971. The molecule has 0 aliphatic carbocycles. The summed E-state index contributed by atoms with van der Waals surface area (Å²) in [5.41, 5.74) is 8.09. The van der Waals surface area contributed by atoms with Crippen molar-refractivity contribution < 1.29 is 14.7 Å². The van der Waals surface area contributed by atoms with Crippen LogP contribution in [-0.4, -0.2) is 23.5 Å². The first-order chi connectivity index (χ1) is 9.22. The SMILES string of the molecule is CC1(C)CN(C(=O)CCC(=O)O)c2c(N)cc(Br)cc21. The fourth-order valence-corrected chi connectivity index (χ4v) is 3.03. The van der Waals surface area contributed by atoms with Gasteiger partial charge >= 0.3 is 5.97 Å². The van der Waals surface area contributed by atoms with Crippen molar-refractivity contribution in [2.75, 3.05) is 17.2 Å². The maximum Gasteiger partial charge on any atom is 0.303 e. The highest BCUT2D eigenvalue weighted by Gasteiger charge is 2.39. The zero-order valence-corrected chi connectivity index (χ0v) is 13.0. The van der Waals surface area contributed by atoms with Crippen molar-refractivity contribution in [2.24, 2.45) is 0 Å². The number of hydrogen-bond acceptors (Lipinski definition) is 3. The molecule has 108 valence electrons. The van der Waals surface area contributed by atoms with E-state index in [-0.39, 0.29) is 24.2 Å². The third-order valence-electron chi connectivity index (χ3n) is 3.51. The number of carboxylic acids is 1. The molecule has 1 aliphatic rings. The molecule has 20 heavy (non-hydrogen) atoms. The summed E-state index contributed by atoms with van der Waals surface area (Å²) in [5, 5.41) is 8.69. The molecule has 2 rings (SSSR count). The number of hydrogen-bond donors (Lipinski definition) is 2. The Kier molecular flexibility index (Phi) is 3.77. The number of carboxylic acid groups (broad SMARTS) is 1. The molecule has 0 bridgehead atoms. The molecule has 1 aliphatic heterocycles. The fourth-order valence-electron chi connectivity index (χ4n) is 2.56. The average molecular weight is 341 g/mol. The Morgan fingerprint density at radius 1 is 1.40 bits per heavy atom. The predicted octanol–water partition coefficient (Wildman–Crippen LogP) is 2.52. The number of nitrogen functional groups attached to an aromatic ring is 1. The summed E-state index contributed by atoms with van der Waals surface area (Å²) in [6.07, 6.45) is -0.179. The monoisotopic (exact) mass is 340 g/mol. The van der Waals surface area contributed by atoms with E-state index in [9.17, 15) is 9.59 Å². The van der Waals surface area contributed by atoms with Gasteiger partial charge in [-0.25, -0.2) is 0 Å². The second-order valence-electron chi connectivity index (χ2n) is 5.65. The van der Waals surface area contributed by atoms with Crippen LogP contribution >= 0.6 is 15.9 Å². The second-order valence-corrected chi connectivity index (χ2v) is 6.56. The summed E-state index contributed by atoms with van der Waals surface area (Å²) < 4.78 is 0.877. The van der Waals surface area contributed by atoms with Gasteiger partial charge in [0.1, 0.15) is 0 Å². The van der Waals surface area contributed by atoms with Crippen LogP contribution in [0.3, 0.4) is 0 Å². The van der Waals surface area contributed by atoms with Gasteiger partial charge in [-0.05, 0) is 17.7 Å². The van der Waals surface area contributed by atoms with E-state index in [0.717, 1.165) is 10.0 Å². The third kappa shape index (κ3) is 2.65. The molecule has 0 spiro atoms. The normalized spacial score (nSPS) is 16.1. The van der Waals surface area contributed by atoms with E-state index < -0.39 is 5.97 Å². The smallest absolute Gasteiger partial charge is 0.303 e. The molecule has 0 fully saturated rings. The number of anilines is 2. The van der Waals surface area contributed by atoms with Gasteiger partial charge in [0.2, 0.25) is 5.91 Å². The number of amides is 1. The number of carbonyl (C=O) groups is 2. The summed E-state index contributed by atoms with van der Waals surface area (Å²) in [4.78, 5) is 24.4. The highest BCUT2D eigenvalue weighted by molar-refractivity contribution is 9.10. The van der Waals surface area contributed by atoms with Crippen molar-refractivity contribution in [3.63, 3.8) is 0 Å². The van der Waals surface area contributed by atoms with Crippen molar-refractivity contribution >= 4 is 39.2 Å². The minimum absolute atomic E-state index is 0.0135. The molecule has 1 aromatic carbocycles. The van der Waals surface area contributed by atoms with Crippen molar-refractivity contribution in [3.05, 3.63) is 22.2 Å². The van der Waals surface area contributed by atoms with E-state index in [1.54, 1.807) is 11.0 Å².